The van der Waals surface area contributed by atoms with Crippen LogP contribution in [0.5, 0.6) is 0 Å². The van der Waals surface area contributed by atoms with Gasteiger partial charge in [0.15, 0.2) is 0 Å². The molecule has 0 fully saturated rings. The summed E-state index contributed by atoms with van der Waals surface area (Å²) in [5.41, 5.74) is -0.310. The minimum atomic E-state index is -1.23. The van der Waals surface area contributed by atoms with Crippen molar-refractivity contribution in [3.63, 3.8) is 0 Å². The zero-order valence-corrected chi connectivity index (χ0v) is 10.5. The molecule has 19 heavy (non-hydrogen) atoms. The van der Waals surface area contributed by atoms with Crippen LogP contribution in [-0.2, 0) is 13.6 Å². The smallest absolute Gasteiger partial charge is 0.131 e. The van der Waals surface area contributed by atoms with Crippen LogP contribution in [-0.4, -0.2) is 21.2 Å². The minimum absolute atomic E-state index is 0.0463. The van der Waals surface area contributed by atoms with Gasteiger partial charge in [0.2, 0.25) is 0 Å². The topological polar surface area (TPSA) is 50.1 Å². The summed E-state index contributed by atoms with van der Waals surface area (Å²) in [6.45, 7) is 0.460. The van der Waals surface area contributed by atoms with Gasteiger partial charge in [0, 0.05) is 26.0 Å². The van der Waals surface area contributed by atoms with E-state index in [-0.39, 0.29) is 12.1 Å². The molecule has 0 amide bonds. The minimum Gasteiger partial charge on any atom is -0.387 e. The van der Waals surface area contributed by atoms with Gasteiger partial charge in [0.05, 0.1) is 18.2 Å². The highest BCUT2D eigenvalue weighted by atomic mass is 19.1. The van der Waals surface area contributed by atoms with Crippen LogP contribution in [0.15, 0.2) is 30.6 Å². The third-order valence-corrected chi connectivity index (χ3v) is 2.87. The SMILES string of the molecule is Cn1ccnc1CNCC(O)c1c(F)cccc1F. The zero-order chi connectivity index (χ0) is 13.8. The van der Waals surface area contributed by atoms with Crippen molar-refractivity contribution in [2.75, 3.05) is 6.54 Å². The van der Waals surface area contributed by atoms with Gasteiger partial charge < -0.3 is 15.0 Å². The van der Waals surface area contributed by atoms with Crippen molar-refractivity contribution >= 4 is 0 Å². The number of aromatic nitrogens is 2. The van der Waals surface area contributed by atoms with Crippen LogP contribution < -0.4 is 5.32 Å². The van der Waals surface area contributed by atoms with E-state index >= 15 is 0 Å². The number of imidazole rings is 1. The fourth-order valence-electron chi connectivity index (χ4n) is 1.82. The van der Waals surface area contributed by atoms with Gasteiger partial charge >= 0.3 is 0 Å². The molecule has 0 spiro atoms. The van der Waals surface area contributed by atoms with Crippen LogP contribution in [0.1, 0.15) is 17.5 Å². The second kappa shape index (κ2) is 5.90. The molecular formula is C13H15F2N3O. The van der Waals surface area contributed by atoms with Gasteiger partial charge in [-0.15, -0.1) is 0 Å². The molecule has 102 valence electrons. The zero-order valence-electron chi connectivity index (χ0n) is 10.5. The molecule has 0 saturated heterocycles. The molecule has 1 unspecified atom stereocenters. The molecule has 4 nitrogen and oxygen atoms in total. The van der Waals surface area contributed by atoms with Gasteiger partial charge in [-0.3, -0.25) is 0 Å². The largest absolute Gasteiger partial charge is 0.387 e. The lowest BCUT2D eigenvalue weighted by Gasteiger charge is -2.13. The van der Waals surface area contributed by atoms with Gasteiger partial charge in [-0.2, -0.15) is 0 Å². The predicted molar refractivity (Wildman–Crippen MR) is 66.2 cm³/mol. The number of hydrogen-bond acceptors (Lipinski definition) is 3. The standard InChI is InChI=1S/C13H15F2N3O/c1-18-6-5-17-12(18)8-16-7-11(19)13-9(14)3-2-4-10(13)15/h2-6,11,16,19H,7-8H2,1H3. The van der Waals surface area contributed by atoms with Crippen LogP contribution in [0.4, 0.5) is 8.78 Å². The molecule has 0 aliphatic carbocycles. The van der Waals surface area contributed by atoms with Crippen molar-refractivity contribution in [2.45, 2.75) is 12.6 Å². The Labute approximate surface area is 109 Å². The first-order chi connectivity index (χ1) is 9.09. The fraction of sp³-hybridized carbons (Fsp3) is 0.308. The Balaban J connectivity index is 1.95. The highest BCUT2D eigenvalue weighted by Crippen LogP contribution is 2.19. The lowest BCUT2D eigenvalue weighted by Crippen LogP contribution is -2.23. The van der Waals surface area contributed by atoms with Crippen LogP contribution in [0, 0.1) is 11.6 Å². The average molecular weight is 267 g/mol. The molecule has 1 atom stereocenters. The summed E-state index contributed by atoms with van der Waals surface area (Å²) in [6.07, 6.45) is 2.22. The van der Waals surface area contributed by atoms with E-state index in [1.165, 1.54) is 6.07 Å². The van der Waals surface area contributed by atoms with Crippen molar-refractivity contribution in [1.82, 2.24) is 14.9 Å². The Morgan fingerprint density at radius 1 is 1.37 bits per heavy atom. The number of rotatable bonds is 5. The fourth-order valence-corrected chi connectivity index (χ4v) is 1.82. The lowest BCUT2D eigenvalue weighted by atomic mass is 10.1. The first-order valence-corrected chi connectivity index (χ1v) is 5.88. The highest BCUT2D eigenvalue weighted by Gasteiger charge is 2.17. The third kappa shape index (κ3) is 3.15. The lowest BCUT2D eigenvalue weighted by molar-refractivity contribution is 0.164. The number of halogens is 2. The van der Waals surface area contributed by atoms with E-state index < -0.39 is 17.7 Å². The van der Waals surface area contributed by atoms with Gasteiger partial charge in [-0.1, -0.05) is 6.07 Å². The number of aliphatic hydroxyl groups is 1. The first-order valence-electron chi connectivity index (χ1n) is 5.88. The van der Waals surface area contributed by atoms with E-state index in [4.69, 9.17) is 0 Å². The van der Waals surface area contributed by atoms with Crippen molar-refractivity contribution < 1.29 is 13.9 Å². The number of hydrogen-bond donors (Lipinski definition) is 2. The summed E-state index contributed by atoms with van der Waals surface area (Å²) < 4.78 is 28.7. The summed E-state index contributed by atoms with van der Waals surface area (Å²) in [5.74, 6) is -0.709. The number of nitrogens with one attached hydrogen (secondary N) is 1. The number of aryl methyl sites for hydroxylation is 1. The van der Waals surface area contributed by atoms with Crippen LogP contribution >= 0.6 is 0 Å². The molecule has 6 heteroatoms. The number of aliphatic hydroxyl groups excluding tert-OH is 1. The summed E-state index contributed by atoms with van der Waals surface area (Å²) >= 11 is 0. The Morgan fingerprint density at radius 3 is 2.63 bits per heavy atom. The normalized spacial score (nSPS) is 12.6. The molecule has 0 saturated carbocycles. The van der Waals surface area contributed by atoms with Gasteiger partial charge in [-0.05, 0) is 12.1 Å². The van der Waals surface area contributed by atoms with Crippen LogP contribution in [0.3, 0.4) is 0 Å². The maximum absolute atomic E-state index is 13.4. The quantitative estimate of drug-likeness (QED) is 0.863. The maximum Gasteiger partial charge on any atom is 0.131 e. The molecule has 0 aliphatic heterocycles. The number of nitrogens with zero attached hydrogens (tertiary/aromatic N) is 2. The third-order valence-electron chi connectivity index (χ3n) is 2.87. The molecule has 1 aromatic heterocycles. The predicted octanol–water partition coefficient (Wildman–Crippen LogP) is 1.52. The van der Waals surface area contributed by atoms with Crippen LogP contribution in [0.25, 0.3) is 0 Å². The molecule has 0 bridgehead atoms. The van der Waals surface area contributed by atoms with Crippen molar-refractivity contribution in [3.05, 3.63) is 53.6 Å². The summed E-state index contributed by atoms with van der Waals surface area (Å²) in [7, 11) is 1.84. The molecule has 2 aromatic rings. The molecule has 1 heterocycles. The van der Waals surface area contributed by atoms with Crippen LogP contribution in [0.2, 0.25) is 0 Å². The molecule has 0 aliphatic rings. The van der Waals surface area contributed by atoms with E-state index in [9.17, 15) is 13.9 Å². The van der Waals surface area contributed by atoms with E-state index in [0.29, 0.717) is 6.54 Å². The second-order valence-corrected chi connectivity index (χ2v) is 4.24. The average Bonchev–Trinajstić information content (AvgIpc) is 2.75. The van der Waals surface area contributed by atoms with E-state index in [1.807, 2.05) is 11.6 Å². The van der Waals surface area contributed by atoms with E-state index in [0.717, 1.165) is 18.0 Å². The van der Waals surface area contributed by atoms with Crippen molar-refractivity contribution in [1.29, 1.82) is 0 Å². The Morgan fingerprint density at radius 2 is 2.05 bits per heavy atom. The Hall–Kier alpha value is -1.79. The van der Waals surface area contributed by atoms with Gasteiger partial charge in [0.1, 0.15) is 17.5 Å². The Kier molecular flexibility index (Phi) is 4.24. The molecule has 1 aromatic carbocycles. The second-order valence-electron chi connectivity index (χ2n) is 4.24. The van der Waals surface area contributed by atoms with Crippen molar-refractivity contribution in [3.8, 4) is 0 Å². The molecular weight excluding hydrogens is 252 g/mol. The first kappa shape index (κ1) is 13.6. The van der Waals surface area contributed by atoms with E-state index in [1.54, 1.807) is 12.4 Å². The van der Waals surface area contributed by atoms with E-state index in [2.05, 4.69) is 10.3 Å². The molecule has 0 radical (unpaired) electrons. The number of benzene rings is 1. The monoisotopic (exact) mass is 267 g/mol. The summed E-state index contributed by atoms with van der Waals surface area (Å²) in [5, 5.41) is 12.7. The summed E-state index contributed by atoms with van der Waals surface area (Å²) in [6, 6.07) is 3.52. The Bertz CT molecular complexity index is 536. The van der Waals surface area contributed by atoms with Gasteiger partial charge in [0.25, 0.3) is 0 Å². The summed E-state index contributed by atoms with van der Waals surface area (Å²) in [4.78, 5) is 4.09. The van der Waals surface area contributed by atoms with Crippen molar-refractivity contribution in [2.24, 2.45) is 7.05 Å². The maximum atomic E-state index is 13.4. The molecule has 2 rings (SSSR count). The molecule has 2 N–H and O–H groups in total. The van der Waals surface area contributed by atoms with Gasteiger partial charge in [-0.25, -0.2) is 13.8 Å². The highest BCUT2D eigenvalue weighted by molar-refractivity contribution is 5.22.